The Morgan fingerprint density at radius 3 is 2.68 bits per heavy atom. The van der Waals surface area contributed by atoms with Gasteiger partial charge in [-0.05, 0) is 36.6 Å². The molecule has 130 valence electrons. The Labute approximate surface area is 145 Å². The lowest BCUT2D eigenvalue weighted by atomic mass is 9.92. The average molecular weight is 340 g/mol. The van der Waals surface area contributed by atoms with Gasteiger partial charge in [-0.15, -0.1) is 0 Å². The van der Waals surface area contributed by atoms with E-state index in [0.29, 0.717) is 25.2 Å². The highest BCUT2D eigenvalue weighted by Crippen LogP contribution is 2.32. The minimum atomic E-state index is -0.560. The minimum absolute atomic E-state index is 0.0270. The Kier molecular flexibility index (Phi) is 3.71. The first-order valence-electron chi connectivity index (χ1n) is 8.40. The second-order valence-electron chi connectivity index (χ2n) is 6.78. The maximum absolute atomic E-state index is 12.9. The van der Waals surface area contributed by atoms with Crippen molar-refractivity contribution in [1.82, 2.24) is 20.0 Å². The second kappa shape index (κ2) is 5.91. The van der Waals surface area contributed by atoms with E-state index >= 15 is 0 Å². The van der Waals surface area contributed by atoms with E-state index in [4.69, 9.17) is 4.74 Å². The van der Waals surface area contributed by atoms with E-state index in [1.165, 1.54) is 0 Å². The minimum Gasteiger partial charge on any atom is -0.439 e. The molecule has 0 aliphatic carbocycles. The van der Waals surface area contributed by atoms with E-state index in [9.17, 15) is 9.59 Å². The van der Waals surface area contributed by atoms with E-state index in [0.717, 1.165) is 24.1 Å². The third kappa shape index (κ3) is 2.86. The Hall–Kier alpha value is -2.83. The Bertz CT molecular complexity index is 787. The number of benzene rings is 1. The van der Waals surface area contributed by atoms with Crippen LogP contribution in [0.4, 0.5) is 4.79 Å². The van der Waals surface area contributed by atoms with Crippen molar-refractivity contribution in [3.63, 3.8) is 0 Å². The molecule has 2 aromatic rings. The van der Waals surface area contributed by atoms with Crippen molar-refractivity contribution in [2.75, 3.05) is 26.7 Å². The van der Waals surface area contributed by atoms with Gasteiger partial charge in [-0.25, -0.2) is 4.79 Å². The molecular formula is C18H20N4O3. The summed E-state index contributed by atoms with van der Waals surface area (Å²) in [5, 5.41) is 6.85. The fourth-order valence-corrected chi connectivity index (χ4v) is 3.67. The standard InChI is InChI=1S/C18H20N4O3/c1-21-11-18(25-17(21)24)8-2-10-22(12-18)16(23)14-5-3-13(4-6-14)15-7-9-19-20-15/h3-7,9H,2,8,10-12H2,1H3,(H,19,20)/t18-/m1/s1. The molecule has 0 bridgehead atoms. The molecule has 1 aromatic heterocycles. The highest BCUT2D eigenvalue weighted by molar-refractivity contribution is 5.94. The lowest BCUT2D eigenvalue weighted by Crippen LogP contribution is -2.52. The van der Waals surface area contributed by atoms with E-state index in [-0.39, 0.29) is 12.0 Å². The molecule has 3 heterocycles. The van der Waals surface area contributed by atoms with Crippen molar-refractivity contribution in [3.05, 3.63) is 42.1 Å². The van der Waals surface area contributed by atoms with Crippen LogP contribution in [0, 0.1) is 0 Å². The van der Waals surface area contributed by atoms with Crippen molar-refractivity contribution in [2.45, 2.75) is 18.4 Å². The van der Waals surface area contributed by atoms with Gasteiger partial charge in [-0.1, -0.05) is 12.1 Å². The first kappa shape index (κ1) is 15.7. The number of carbonyl (C=O) groups excluding carboxylic acids is 2. The van der Waals surface area contributed by atoms with Gasteiger partial charge in [0.05, 0.1) is 18.8 Å². The van der Waals surface area contributed by atoms with Crippen molar-refractivity contribution >= 4 is 12.0 Å². The summed E-state index contributed by atoms with van der Waals surface area (Å²) in [6.07, 6.45) is 3.02. The van der Waals surface area contributed by atoms with Gasteiger partial charge in [0.25, 0.3) is 5.91 Å². The third-order valence-electron chi connectivity index (χ3n) is 4.91. The van der Waals surface area contributed by atoms with Crippen molar-refractivity contribution in [1.29, 1.82) is 0 Å². The fraction of sp³-hybridized carbons (Fsp3) is 0.389. The number of piperidine rings is 1. The molecule has 25 heavy (non-hydrogen) atoms. The summed E-state index contributed by atoms with van der Waals surface area (Å²) >= 11 is 0. The van der Waals surface area contributed by atoms with E-state index < -0.39 is 5.60 Å². The molecule has 2 saturated heterocycles. The van der Waals surface area contributed by atoms with Crippen LogP contribution in [0.25, 0.3) is 11.3 Å². The molecular weight excluding hydrogens is 320 g/mol. The van der Waals surface area contributed by atoms with E-state index in [2.05, 4.69) is 10.2 Å². The fourth-order valence-electron chi connectivity index (χ4n) is 3.67. The number of hydrogen-bond donors (Lipinski definition) is 1. The summed E-state index contributed by atoms with van der Waals surface area (Å²) < 4.78 is 5.57. The number of H-pyrrole nitrogens is 1. The number of ether oxygens (including phenoxy) is 1. The molecule has 4 rings (SSSR count). The summed E-state index contributed by atoms with van der Waals surface area (Å²) in [7, 11) is 1.73. The number of likely N-dealkylation sites (tertiary alicyclic amines) is 1. The van der Waals surface area contributed by atoms with Gasteiger partial charge in [-0.2, -0.15) is 5.10 Å². The number of rotatable bonds is 2. The van der Waals surface area contributed by atoms with Crippen LogP contribution in [0.2, 0.25) is 0 Å². The highest BCUT2D eigenvalue weighted by atomic mass is 16.6. The quantitative estimate of drug-likeness (QED) is 0.908. The molecule has 2 fully saturated rings. The zero-order valence-electron chi connectivity index (χ0n) is 14.1. The van der Waals surface area contributed by atoms with Crippen LogP contribution in [0.1, 0.15) is 23.2 Å². The molecule has 1 N–H and O–H groups in total. The van der Waals surface area contributed by atoms with Crippen LogP contribution in [0.3, 0.4) is 0 Å². The second-order valence-corrected chi connectivity index (χ2v) is 6.78. The summed E-state index contributed by atoms with van der Waals surface area (Å²) in [6.45, 7) is 1.67. The number of hydrogen-bond acceptors (Lipinski definition) is 4. The molecule has 7 heteroatoms. The third-order valence-corrected chi connectivity index (χ3v) is 4.91. The van der Waals surface area contributed by atoms with E-state index in [1.807, 2.05) is 30.3 Å². The van der Waals surface area contributed by atoms with E-state index in [1.54, 1.807) is 23.0 Å². The number of aromatic amines is 1. The number of nitrogens with zero attached hydrogens (tertiary/aromatic N) is 3. The zero-order valence-corrected chi connectivity index (χ0v) is 14.1. The maximum Gasteiger partial charge on any atom is 0.410 e. The molecule has 2 aliphatic heterocycles. The SMILES string of the molecule is CN1C[C@@]2(CCCN(C(=O)c3ccc(-c4ccn[nH]4)cc3)C2)OC1=O. The molecule has 0 unspecified atom stereocenters. The van der Waals surface area contributed by atoms with Crippen LogP contribution >= 0.6 is 0 Å². The largest absolute Gasteiger partial charge is 0.439 e. The normalized spacial score (nSPS) is 23.2. The molecule has 1 spiro atoms. The van der Waals surface area contributed by atoms with Gasteiger partial charge in [-0.3, -0.25) is 9.89 Å². The Morgan fingerprint density at radius 2 is 2.04 bits per heavy atom. The molecule has 0 radical (unpaired) electrons. The highest BCUT2D eigenvalue weighted by Gasteiger charge is 2.47. The van der Waals surface area contributed by atoms with Gasteiger partial charge in [0, 0.05) is 25.4 Å². The predicted molar refractivity (Wildman–Crippen MR) is 91.0 cm³/mol. The molecule has 1 atom stereocenters. The lowest BCUT2D eigenvalue weighted by molar-refractivity contribution is -0.00521. The van der Waals surface area contributed by atoms with Crippen LogP contribution in [-0.2, 0) is 4.74 Å². The first-order valence-corrected chi connectivity index (χ1v) is 8.40. The summed E-state index contributed by atoms with van der Waals surface area (Å²) in [5.74, 6) is -0.0270. The average Bonchev–Trinajstić information content (AvgIpc) is 3.24. The smallest absolute Gasteiger partial charge is 0.410 e. The molecule has 2 aliphatic rings. The predicted octanol–water partition coefficient (Wildman–Crippen LogP) is 2.13. The van der Waals surface area contributed by atoms with Crippen LogP contribution < -0.4 is 0 Å². The summed E-state index contributed by atoms with van der Waals surface area (Å²) in [5.41, 5.74) is 1.97. The molecule has 7 nitrogen and oxygen atoms in total. The lowest BCUT2D eigenvalue weighted by Gasteiger charge is -2.38. The topological polar surface area (TPSA) is 78.5 Å². The van der Waals surface area contributed by atoms with Gasteiger partial charge in [0.2, 0.25) is 0 Å². The molecule has 1 aromatic carbocycles. The molecule has 0 saturated carbocycles. The monoisotopic (exact) mass is 340 g/mol. The van der Waals surface area contributed by atoms with Gasteiger partial charge in [0.15, 0.2) is 0 Å². The number of likely N-dealkylation sites (N-methyl/N-ethyl adjacent to an activating group) is 1. The Balaban J connectivity index is 1.50. The Morgan fingerprint density at radius 1 is 1.24 bits per heavy atom. The maximum atomic E-state index is 12.9. The number of amides is 2. The van der Waals surface area contributed by atoms with Gasteiger partial charge >= 0.3 is 6.09 Å². The van der Waals surface area contributed by atoms with Crippen molar-refractivity contribution in [2.24, 2.45) is 0 Å². The molecule has 2 amide bonds. The number of aromatic nitrogens is 2. The summed E-state index contributed by atoms with van der Waals surface area (Å²) in [6, 6.07) is 9.35. The van der Waals surface area contributed by atoms with Crippen molar-refractivity contribution < 1.29 is 14.3 Å². The van der Waals surface area contributed by atoms with Crippen LogP contribution in [0.15, 0.2) is 36.5 Å². The first-order chi connectivity index (χ1) is 12.1. The number of nitrogens with one attached hydrogen (secondary N) is 1. The summed E-state index contributed by atoms with van der Waals surface area (Å²) in [4.78, 5) is 28.0. The zero-order chi connectivity index (χ0) is 17.4. The van der Waals surface area contributed by atoms with Crippen molar-refractivity contribution in [3.8, 4) is 11.3 Å². The number of carbonyl (C=O) groups is 2. The van der Waals surface area contributed by atoms with Gasteiger partial charge < -0.3 is 14.5 Å². The van der Waals surface area contributed by atoms with Gasteiger partial charge in [0.1, 0.15) is 5.60 Å². The van der Waals surface area contributed by atoms with Crippen LogP contribution in [-0.4, -0.2) is 64.3 Å². The van der Waals surface area contributed by atoms with Crippen LogP contribution in [0.5, 0.6) is 0 Å².